The summed E-state index contributed by atoms with van der Waals surface area (Å²) >= 11 is 0. The molecule has 0 spiro atoms. The molecule has 0 bridgehead atoms. The minimum absolute atomic E-state index is 0. The molecule has 6 nitrogen and oxygen atoms in total. The molecule has 0 fully saturated rings. The average molecular weight is 442 g/mol. The Kier molecular flexibility index (Phi) is 10.1. The minimum Gasteiger partial charge on any atom is -0.356 e. The van der Waals surface area contributed by atoms with E-state index < -0.39 is 0 Å². The molecule has 132 valence electrons. The van der Waals surface area contributed by atoms with E-state index in [1.54, 1.807) is 18.1 Å². The monoisotopic (exact) mass is 442 g/mol. The van der Waals surface area contributed by atoms with Gasteiger partial charge in [0.25, 0.3) is 0 Å². The maximum atomic E-state index is 4.25. The average Bonchev–Trinajstić information content (AvgIpc) is 3.12. The minimum atomic E-state index is 0. The van der Waals surface area contributed by atoms with E-state index in [9.17, 15) is 0 Å². The molecule has 2 rings (SSSR count). The third-order valence-electron chi connectivity index (χ3n) is 3.63. The Balaban J connectivity index is 0.00000288. The largest absolute Gasteiger partial charge is 0.356 e. The maximum Gasteiger partial charge on any atom is 0.191 e. The Hall–Kier alpha value is -1.64. The Morgan fingerprint density at radius 3 is 2.54 bits per heavy atom. The van der Waals surface area contributed by atoms with Crippen molar-refractivity contribution in [3.8, 4) is 5.69 Å². The molecular formula is C17H27IN6. The zero-order valence-corrected chi connectivity index (χ0v) is 16.7. The molecule has 0 atom stereocenters. The quantitative estimate of drug-likeness (QED) is 0.285. The highest BCUT2D eigenvalue weighted by molar-refractivity contribution is 14.0. The number of unbranched alkanes of at least 4 members (excludes halogenated alkanes) is 3. The van der Waals surface area contributed by atoms with Gasteiger partial charge in [-0.25, -0.2) is 9.67 Å². The second-order valence-corrected chi connectivity index (χ2v) is 5.42. The van der Waals surface area contributed by atoms with Crippen molar-refractivity contribution in [1.29, 1.82) is 0 Å². The van der Waals surface area contributed by atoms with Crippen molar-refractivity contribution >= 4 is 29.9 Å². The van der Waals surface area contributed by atoms with Crippen molar-refractivity contribution < 1.29 is 0 Å². The first kappa shape index (κ1) is 20.4. The van der Waals surface area contributed by atoms with Crippen LogP contribution in [-0.2, 0) is 6.54 Å². The summed E-state index contributed by atoms with van der Waals surface area (Å²) in [7, 11) is 1.80. The van der Waals surface area contributed by atoms with Gasteiger partial charge in [-0.15, -0.1) is 24.0 Å². The van der Waals surface area contributed by atoms with Gasteiger partial charge >= 0.3 is 0 Å². The van der Waals surface area contributed by atoms with Crippen molar-refractivity contribution in [3.63, 3.8) is 0 Å². The number of halogens is 1. The third-order valence-corrected chi connectivity index (χ3v) is 3.63. The van der Waals surface area contributed by atoms with Crippen LogP contribution in [0, 0.1) is 0 Å². The van der Waals surface area contributed by atoms with E-state index in [4.69, 9.17) is 0 Å². The molecule has 0 saturated heterocycles. The molecule has 2 N–H and O–H groups in total. The summed E-state index contributed by atoms with van der Waals surface area (Å²) < 4.78 is 1.74. The fourth-order valence-corrected chi connectivity index (χ4v) is 2.27. The van der Waals surface area contributed by atoms with Crippen molar-refractivity contribution in [1.82, 2.24) is 25.4 Å². The van der Waals surface area contributed by atoms with Gasteiger partial charge < -0.3 is 10.6 Å². The standard InChI is InChI=1S/C17H26N6.HI/c1-3-4-5-6-11-20-17(18-2)21-12-15-7-9-16(10-8-15)23-14-19-13-22-23;/h7-10,13-14H,3-6,11-12H2,1-2H3,(H2,18,20,21);1H. The molecule has 1 aromatic carbocycles. The Bertz CT molecular complexity index is 580. The lowest BCUT2D eigenvalue weighted by atomic mass is 10.2. The predicted molar refractivity (Wildman–Crippen MR) is 109 cm³/mol. The first-order valence-electron chi connectivity index (χ1n) is 8.22. The first-order valence-corrected chi connectivity index (χ1v) is 8.22. The van der Waals surface area contributed by atoms with E-state index >= 15 is 0 Å². The highest BCUT2D eigenvalue weighted by atomic mass is 127. The van der Waals surface area contributed by atoms with Crippen molar-refractivity contribution in [2.75, 3.05) is 13.6 Å². The normalized spacial score (nSPS) is 11.0. The number of aromatic nitrogens is 3. The molecule has 0 amide bonds. The van der Waals surface area contributed by atoms with Crippen molar-refractivity contribution in [2.45, 2.75) is 39.2 Å². The lowest BCUT2D eigenvalue weighted by Crippen LogP contribution is -2.37. The maximum absolute atomic E-state index is 4.25. The second kappa shape index (κ2) is 11.8. The van der Waals surface area contributed by atoms with E-state index in [2.05, 4.69) is 44.8 Å². The number of rotatable bonds is 8. The molecule has 7 heteroatoms. The van der Waals surface area contributed by atoms with Crippen LogP contribution in [0.4, 0.5) is 0 Å². The summed E-state index contributed by atoms with van der Waals surface area (Å²) in [6.45, 7) is 3.93. The number of hydrogen-bond donors (Lipinski definition) is 2. The summed E-state index contributed by atoms with van der Waals surface area (Å²) in [6.07, 6.45) is 8.23. The van der Waals surface area contributed by atoms with Crippen LogP contribution in [0.5, 0.6) is 0 Å². The Morgan fingerprint density at radius 2 is 1.92 bits per heavy atom. The molecular weight excluding hydrogens is 415 g/mol. The van der Waals surface area contributed by atoms with Gasteiger partial charge in [0.2, 0.25) is 0 Å². The number of nitrogens with zero attached hydrogens (tertiary/aromatic N) is 4. The SMILES string of the molecule is CCCCCCNC(=NC)NCc1ccc(-n2cncn2)cc1.I. The van der Waals surface area contributed by atoms with Crippen LogP contribution in [0.25, 0.3) is 5.69 Å². The molecule has 0 unspecified atom stereocenters. The lowest BCUT2D eigenvalue weighted by molar-refractivity contribution is 0.647. The number of benzene rings is 1. The topological polar surface area (TPSA) is 67.1 Å². The van der Waals surface area contributed by atoms with Crippen LogP contribution in [0.1, 0.15) is 38.2 Å². The zero-order chi connectivity index (χ0) is 16.3. The van der Waals surface area contributed by atoms with Crippen molar-refractivity contribution in [3.05, 3.63) is 42.5 Å². The van der Waals surface area contributed by atoms with E-state index in [1.165, 1.54) is 37.6 Å². The van der Waals surface area contributed by atoms with E-state index in [1.807, 2.05) is 12.1 Å². The fourth-order valence-electron chi connectivity index (χ4n) is 2.27. The van der Waals surface area contributed by atoms with E-state index in [-0.39, 0.29) is 24.0 Å². The summed E-state index contributed by atoms with van der Waals surface area (Å²) in [4.78, 5) is 8.21. The van der Waals surface area contributed by atoms with Crippen LogP contribution >= 0.6 is 24.0 Å². The van der Waals surface area contributed by atoms with E-state index in [0.29, 0.717) is 0 Å². The third kappa shape index (κ3) is 6.86. The Morgan fingerprint density at radius 1 is 1.12 bits per heavy atom. The van der Waals surface area contributed by atoms with Crippen LogP contribution in [0.2, 0.25) is 0 Å². The molecule has 1 aromatic heterocycles. The summed E-state index contributed by atoms with van der Waals surface area (Å²) in [5, 5.41) is 10.8. The van der Waals surface area contributed by atoms with Crippen LogP contribution in [-0.4, -0.2) is 34.3 Å². The summed E-state index contributed by atoms with van der Waals surface area (Å²) in [6, 6.07) is 8.23. The van der Waals surface area contributed by atoms with Crippen LogP contribution in [0.15, 0.2) is 41.9 Å². The number of hydrogen-bond acceptors (Lipinski definition) is 3. The first-order chi connectivity index (χ1) is 11.3. The molecule has 0 aliphatic rings. The van der Waals surface area contributed by atoms with Gasteiger partial charge in [-0.3, -0.25) is 4.99 Å². The Labute approximate surface area is 161 Å². The molecule has 2 aromatic rings. The highest BCUT2D eigenvalue weighted by Crippen LogP contribution is 2.07. The number of nitrogens with one attached hydrogen (secondary N) is 2. The van der Waals surface area contributed by atoms with Gasteiger partial charge in [-0.05, 0) is 24.1 Å². The predicted octanol–water partition coefficient (Wildman–Crippen LogP) is 3.13. The summed E-state index contributed by atoms with van der Waals surface area (Å²) in [5.74, 6) is 0.849. The van der Waals surface area contributed by atoms with Gasteiger partial charge in [-0.1, -0.05) is 38.3 Å². The molecule has 0 saturated carbocycles. The van der Waals surface area contributed by atoms with Gasteiger partial charge in [0.05, 0.1) is 5.69 Å². The molecule has 0 aliphatic heterocycles. The van der Waals surface area contributed by atoms with Gasteiger partial charge in [0, 0.05) is 20.1 Å². The number of aliphatic imine (C=N–C) groups is 1. The zero-order valence-electron chi connectivity index (χ0n) is 14.4. The second-order valence-electron chi connectivity index (χ2n) is 5.42. The number of guanidine groups is 1. The highest BCUT2D eigenvalue weighted by Gasteiger charge is 2.00. The van der Waals surface area contributed by atoms with Gasteiger partial charge in [0.1, 0.15) is 12.7 Å². The van der Waals surface area contributed by atoms with Gasteiger partial charge in [0.15, 0.2) is 5.96 Å². The van der Waals surface area contributed by atoms with Crippen LogP contribution in [0.3, 0.4) is 0 Å². The smallest absolute Gasteiger partial charge is 0.191 e. The molecule has 0 aliphatic carbocycles. The van der Waals surface area contributed by atoms with Crippen LogP contribution < -0.4 is 10.6 Å². The molecule has 0 radical (unpaired) electrons. The lowest BCUT2D eigenvalue weighted by Gasteiger charge is -2.12. The molecule has 24 heavy (non-hydrogen) atoms. The molecule has 1 heterocycles. The van der Waals surface area contributed by atoms with Gasteiger partial charge in [-0.2, -0.15) is 5.10 Å². The van der Waals surface area contributed by atoms with E-state index in [0.717, 1.165) is 24.7 Å². The fraction of sp³-hybridized carbons (Fsp3) is 0.471. The van der Waals surface area contributed by atoms with Crippen molar-refractivity contribution in [2.24, 2.45) is 4.99 Å². The summed E-state index contributed by atoms with van der Waals surface area (Å²) in [5.41, 5.74) is 2.20.